The Balaban J connectivity index is 1.48. The summed E-state index contributed by atoms with van der Waals surface area (Å²) in [6.45, 7) is 11.0. The van der Waals surface area contributed by atoms with Crippen molar-refractivity contribution in [3.8, 4) is 17.3 Å². The topological polar surface area (TPSA) is 113 Å². The molecule has 0 unspecified atom stereocenters. The van der Waals surface area contributed by atoms with Gasteiger partial charge in [0.05, 0.1) is 16.3 Å². The molecule has 4 heterocycles. The zero-order chi connectivity index (χ0) is 35.2. The summed E-state index contributed by atoms with van der Waals surface area (Å²) in [6.07, 6.45) is 1.59. The number of anilines is 2. The van der Waals surface area contributed by atoms with Crippen molar-refractivity contribution in [1.82, 2.24) is 24.8 Å². The van der Waals surface area contributed by atoms with Gasteiger partial charge in [0.1, 0.15) is 23.5 Å². The Labute approximate surface area is 288 Å². The molecule has 2 aliphatic rings. The summed E-state index contributed by atoms with van der Waals surface area (Å²) in [7, 11) is 2.03. The van der Waals surface area contributed by atoms with Gasteiger partial charge in [-0.25, -0.2) is 18.6 Å². The van der Waals surface area contributed by atoms with E-state index >= 15 is 8.78 Å². The third-order valence-electron chi connectivity index (χ3n) is 8.85. The minimum Gasteiger partial charge on any atom is -0.462 e. The molecule has 0 spiro atoms. The Bertz CT molecular complexity index is 1940. The van der Waals surface area contributed by atoms with Gasteiger partial charge in [-0.15, -0.1) is 0 Å². The van der Waals surface area contributed by atoms with Gasteiger partial charge in [-0.2, -0.15) is 9.97 Å². The highest BCUT2D eigenvalue weighted by Crippen LogP contribution is 2.42. The fourth-order valence-electron chi connectivity index (χ4n) is 6.46. The average Bonchev–Trinajstić information content (AvgIpc) is 3.45. The molecule has 2 saturated heterocycles. The molecule has 2 aromatic heterocycles. The van der Waals surface area contributed by atoms with E-state index in [2.05, 4.69) is 20.2 Å². The first kappa shape index (κ1) is 34.5. The van der Waals surface area contributed by atoms with Crippen LogP contribution >= 0.6 is 11.6 Å². The van der Waals surface area contributed by atoms with Gasteiger partial charge >= 0.3 is 12.1 Å². The zero-order valence-corrected chi connectivity index (χ0v) is 29.2. The number of piperazine rings is 1. The quantitative estimate of drug-likeness (QED) is 0.237. The van der Waals surface area contributed by atoms with Gasteiger partial charge in [-0.05, 0) is 60.2 Å². The molecule has 11 nitrogen and oxygen atoms in total. The Morgan fingerprint density at radius 2 is 1.78 bits per heavy atom. The number of fused-ring (bicyclic) bond motifs is 2. The van der Waals surface area contributed by atoms with Gasteiger partial charge in [0.25, 0.3) is 0 Å². The summed E-state index contributed by atoms with van der Waals surface area (Å²) in [5.41, 5.74) is -0.762. The molecule has 2 aromatic carbocycles. The monoisotopic (exact) mass is 695 g/mol. The molecule has 0 radical (unpaired) electrons. The first-order valence-corrected chi connectivity index (χ1v) is 16.7. The molecule has 1 N–H and O–H groups in total. The van der Waals surface area contributed by atoms with Gasteiger partial charge in [-0.1, -0.05) is 35.9 Å². The van der Waals surface area contributed by atoms with E-state index in [-0.39, 0.29) is 51.1 Å². The molecule has 260 valence electrons. The minimum atomic E-state index is -0.799. The van der Waals surface area contributed by atoms with E-state index < -0.39 is 29.2 Å². The van der Waals surface area contributed by atoms with Crippen molar-refractivity contribution < 1.29 is 27.8 Å². The molecule has 49 heavy (non-hydrogen) atoms. The van der Waals surface area contributed by atoms with Crippen LogP contribution in [0.15, 0.2) is 30.3 Å². The van der Waals surface area contributed by atoms with E-state index in [1.54, 1.807) is 29.2 Å². The number of benzene rings is 2. The highest BCUT2D eigenvalue weighted by molar-refractivity contribution is 6.34. The lowest BCUT2D eigenvalue weighted by Crippen LogP contribution is -2.55. The highest BCUT2D eigenvalue weighted by Gasteiger charge is 2.33. The lowest BCUT2D eigenvalue weighted by molar-refractivity contribution is -0.114. The molecule has 4 aromatic rings. The second-order valence-corrected chi connectivity index (χ2v) is 14.1. The van der Waals surface area contributed by atoms with E-state index in [4.69, 9.17) is 26.1 Å². The maximum absolute atomic E-state index is 17.0. The summed E-state index contributed by atoms with van der Waals surface area (Å²) >= 11 is 6.88. The lowest BCUT2D eigenvalue weighted by atomic mass is 10.0. The van der Waals surface area contributed by atoms with Crippen LogP contribution in [-0.2, 0) is 9.53 Å². The maximum Gasteiger partial charge on any atom is 0.410 e. The minimum absolute atomic E-state index is 0.00539. The number of carbonyl (C=O) groups is 2. The first-order valence-electron chi connectivity index (χ1n) is 16.4. The van der Waals surface area contributed by atoms with E-state index in [1.165, 1.54) is 13.0 Å². The third-order valence-corrected chi connectivity index (χ3v) is 9.15. The SMILES string of the molecule is CC(=O)Nc1nc(-c2c(Cl)cc3c(N4CCN(C(=O)OC(C)(C)C)C[C@@H]4C)nc(OC[C@@H]4CCCN4C)nc3c2F)c2ccccc2c1F. The molecular formula is C35H40ClF2N7O4. The van der Waals surface area contributed by atoms with Crippen molar-refractivity contribution in [1.29, 1.82) is 0 Å². The molecule has 2 aliphatic heterocycles. The highest BCUT2D eigenvalue weighted by atomic mass is 35.5. The van der Waals surface area contributed by atoms with E-state index in [0.717, 1.165) is 19.4 Å². The lowest BCUT2D eigenvalue weighted by Gasteiger charge is -2.41. The van der Waals surface area contributed by atoms with Crippen LogP contribution in [-0.4, -0.2) is 94.3 Å². The van der Waals surface area contributed by atoms with Gasteiger partial charge in [0.2, 0.25) is 5.91 Å². The van der Waals surface area contributed by atoms with Crippen molar-refractivity contribution in [2.75, 3.05) is 50.1 Å². The Hall–Kier alpha value is -4.36. The van der Waals surface area contributed by atoms with Crippen molar-refractivity contribution in [3.05, 3.63) is 47.0 Å². The van der Waals surface area contributed by atoms with Crippen LogP contribution in [0, 0.1) is 11.6 Å². The van der Waals surface area contributed by atoms with Gasteiger partial charge in [0, 0.05) is 54.8 Å². The number of hydrogen-bond donors (Lipinski definition) is 1. The number of nitrogens with one attached hydrogen (secondary N) is 1. The molecule has 2 fully saturated rings. The third kappa shape index (κ3) is 7.04. The first-order chi connectivity index (χ1) is 23.2. The number of aromatic nitrogens is 3. The maximum atomic E-state index is 17.0. The fraction of sp³-hybridized carbons (Fsp3) is 0.457. The predicted molar refractivity (Wildman–Crippen MR) is 185 cm³/mol. The van der Waals surface area contributed by atoms with E-state index in [1.807, 2.05) is 39.6 Å². The molecule has 6 rings (SSSR count). The normalized spacial score (nSPS) is 18.7. The van der Waals surface area contributed by atoms with E-state index in [9.17, 15) is 9.59 Å². The van der Waals surface area contributed by atoms with Crippen LogP contribution < -0.4 is 15.0 Å². The fourth-order valence-corrected chi connectivity index (χ4v) is 6.74. The van der Waals surface area contributed by atoms with E-state index in [0.29, 0.717) is 42.8 Å². The summed E-state index contributed by atoms with van der Waals surface area (Å²) in [6, 6.07) is 7.95. The summed E-state index contributed by atoms with van der Waals surface area (Å²) < 4.78 is 44.2. The summed E-state index contributed by atoms with van der Waals surface area (Å²) in [5.74, 6) is -2.03. The van der Waals surface area contributed by atoms with Crippen LogP contribution in [0.4, 0.5) is 25.2 Å². The number of hydrogen-bond acceptors (Lipinski definition) is 9. The summed E-state index contributed by atoms with van der Waals surface area (Å²) in [5, 5.41) is 3.17. The smallest absolute Gasteiger partial charge is 0.410 e. The van der Waals surface area contributed by atoms with Crippen LogP contribution in [0.2, 0.25) is 5.02 Å². The van der Waals surface area contributed by atoms with Crippen molar-refractivity contribution in [2.45, 2.75) is 65.1 Å². The standard InChI is InChI=1S/C35H40ClF2N7O4/c1-19-17-44(34(47)49-35(3,4)5)14-15-45(19)32-24-16-25(36)26(28(38)30(24)41-33(42-32)48-18-21-10-9-13-43(21)6)29-23-12-8-7-11-22(23)27(37)31(40-29)39-20(2)46/h7-8,11-12,16,19,21H,9-10,13-15,17-18H2,1-6H3,(H,39,40,46)/t19-,21-/m0/s1. The Morgan fingerprint density at radius 1 is 1.04 bits per heavy atom. The molecule has 0 bridgehead atoms. The van der Waals surface area contributed by atoms with Crippen LogP contribution in [0.1, 0.15) is 47.5 Å². The van der Waals surface area contributed by atoms with Crippen molar-refractivity contribution in [2.24, 2.45) is 0 Å². The van der Waals surface area contributed by atoms with Crippen molar-refractivity contribution in [3.63, 3.8) is 0 Å². The number of rotatable bonds is 6. The number of halogens is 3. The molecular weight excluding hydrogens is 656 g/mol. The van der Waals surface area contributed by atoms with Crippen LogP contribution in [0.5, 0.6) is 6.01 Å². The molecule has 0 aliphatic carbocycles. The second-order valence-electron chi connectivity index (χ2n) is 13.7. The number of likely N-dealkylation sites (N-methyl/N-ethyl adjacent to an activating group) is 1. The van der Waals surface area contributed by atoms with Crippen molar-refractivity contribution >= 4 is 56.9 Å². The predicted octanol–water partition coefficient (Wildman–Crippen LogP) is 6.65. The number of amides is 2. The zero-order valence-electron chi connectivity index (χ0n) is 28.4. The average molecular weight is 696 g/mol. The van der Waals surface area contributed by atoms with Crippen LogP contribution in [0.3, 0.4) is 0 Å². The largest absolute Gasteiger partial charge is 0.462 e. The summed E-state index contributed by atoms with van der Waals surface area (Å²) in [4.78, 5) is 44.3. The molecule has 2 amide bonds. The number of ether oxygens (including phenoxy) is 2. The molecule has 0 saturated carbocycles. The molecule has 2 atom stereocenters. The Kier molecular flexibility index (Phi) is 9.51. The van der Waals surface area contributed by atoms with Gasteiger partial charge < -0.3 is 29.5 Å². The Morgan fingerprint density at radius 3 is 2.43 bits per heavy atom. The van der Waals surface area contributed by atoms with Gasteiger partial charge in [0.15, 0.2) is 17.5 Å². The second kappa shape index (κ2) is 13.5. The van der Waals surface area contributed by atoms with Gasteiger partial charge in [-0.3, -0.25) is 4.79 Å². The van der Waals surface area contributed by atoms with Crippen LogP contribution in [0.25, 0.3) is 32.9 Å². The number of nitrogens with zero attached hydrogens (tertiary/aromatic N) is 6. The number of likely N-dealkylation sites (tertiary alicyclic amines) is 1. The number of carbonyl (C=O) groups excluding carboxylic acids is 2. The molecule has 14 heteroatoms. The number of pyridine rings is 1.